The standard InChI is InChI=1S/C8H5F4IO/c1-2-14-8-5(11)3(9)7(13)4(10)6(8)12/h2H2,1H3. The molecule has 1 aromatic carbocycles. The summed E-state index contributed by atoms with van der Waals surface area (Å²) in [5, 5.41) is 0. The molecule has 78 valence electrons. The van der Waals surface area contributed by atoms with Gasteiger partial charge in [0, 0.05) is 0 Å². The summed E-state index contributed by atoms with van der Waals surface area (Å²) in [4.78, 5) is 0. The van der Waals surface area contributed by atoms with Crippen LogP contribution in [-0.2, 0) is 0 Å². The van der Waals surface area contributed by atoms with Gasteiger partial charge in [-0.1, -0.05) is 0 Å². The molecule has 14 heavy (non-hydrogen) atoms. The van der Waals surface area contributed by atoms with Gasteiger partial charge in [0.2, 0.25) is 11.6 Å². The molecule has 0 aliphatic carbocycles. The average Bonchev–Trinajstić information content (AvgIpc) is 2.19. The molecule has 0 bridgehead atoms. The first-order valence-electron chi connectivity index (χ1n) is 3.64. The molecule has 0 atom stereocenters. The SMILES string of the molecule is CCOc1c(F)c(F)c(I)c(F)c1F. The second-order valence-electron chi connectivity index (χ2n) is 2.33. The first-order chi connectivity index (χ1) is 6.50. The molecule has 0 fully saturated rings. The Morgan fingerprint density at radius 3 is 1.79 bits per heavy atom. The summed E-state index contributed by atoms with van der Waals surface area (Å²) in [6, 6.07) is 0. The first-order valence-corrected chi connectivity index (χ1v) is 4.72. The van der Waals surface area contributed by atoms with Crippen molar-refractivity contribution in [1.82, 2.24) is 0 Å². The number of rotatable bonds is 2. The predicted octanol–water partition coefficient (Wildman–Crippen LogP) is 3.25. The van der Waals surface area contributed by atoms with E-state index >= 15 is 0 Å². The van der Waals surface area contributed by atoms with Crippen molar-refractivity contribution in [3.05, 3.63) is 26.8 Å². The molecule has 0 spiro atoms. The minimum Gasteiger partial charge on any atom is -0.488 e. The first kappa shape index (κ1) is 11.5. The van der Waals surface area contributed by atoms with Gasteiger partial charge in [0.1, 0.15) is 0 Å². The van der Waals surface area contributed by atoms with E-state index in [4.69, 9.17) is 0 Å². The maximum Gasteiger partial charge on any atom is 0.205 e. The molecular weight excluding hydrogens is 315 g/mol. The number of halogens is 5. The Morgan fingerprint density at radius 1 is 1.00 bits per heavy atom. The van der Waals surface area contributed by atoms with Crippen LogP contribution in [0.15, 0.2) is 0 Å². The van der Waals surface area contributed by atoms with Crippen LogP contribution in [0, 0.1) is 26.8 Å². The molecule has 6 heteroatoms. The van der Waals surface area contributed by atoms with E-state index in [0.29, 0.717) is 0 Å². The lowest BCUT2D eigenvalue weighted by Crippen LogP contribution is -2.05. The van der Waals surface area contributed by atoms with Crippen LogP contribution >= 0.6 is 22.6 Å². The normalized spacial score (nSPS) is 10.4. The van der Waals surface area contributed by atoms with E-state index in [1.165, 1.54) is 29.5 Å². The van der Waals surface area contributed by atoms with Crippen LogP contribution in [0.2, 0.25) is 0 Å². The molecule has 1 rings (SSSR count). The molecule has 0 aromatic heterocycles. The Hall–Kier alpha value is -0.530. The topological polar surface area (TPSA) is 9.23 Å². The maximum absolute atomic E-state index is 13.0. The Morgan fingerprint density at radius 2 is 1.43 bits per heavy atom. The van der Waals surface area contributed by atoms with E-state index in [2.05, 4.69) is 4.74 Å². The van der Waals surface area contributed by atoms with Gasteiger partial charge in [0.15, 0.2) is 17.4 Å². The third-order valence-electron chi connectivity index (χ3n) is 1.46. The number of hydrogen-bond acceptors (Lipinski definition) is 1. The van der Waals surface area contributed by atoms with Crippen LogP contribution in [0.4, 0.5) is 17.6 Å². The number of ether oxygens (including phenoxy) is 1. The van der Waals surface area contributed by atoms with Crippen molar-refractivity contribution < 1.29 is 22.3 Å². The van der Waals surface area contributed by atoms with Gasteiger partial charge in [-0.3, -0.25) is 0 Å². The minimum atomic E-state index is -1.50. The van der Waals surface area contributed by atoms with Crippen LogP contribution in [0.5, 0.6) is 5.75 Å². The van der Waals surface area contributed by atoms with Crippen molar-refractivity contribution in [2.24, 2.45) is 0 Å². The van der Waals surface area contributed by atoms with Crippen molar-refractivity contribution >= 4 is 22.6 Å². The Balaban J connectivity index is 3.43. The molecule has 1 aromatic rings. The van der Waals surface area contributed by atoms with E-state index in [0.717, 1.165) is 0 Å². The highest BCUT2D eigenvalue weighted by atomic mass is 127. The van der Waals surface area contributed by atoms with E-state index in [1.54, 1.807) is 0 Å². The molecule has 0 aliphatic heterocycles. The molecule has 0 saturated heterocycles. The van der Waals surface area contributed by atoms with E-state index in [9.17, 15) is 17.6 Å². The van der Waals surface area contributed by atoms with Gasteiger partial charge in [0.05, 0.1) is 10.2 Å². The number of hydrogen-bond donors (Lipinski definition) is 0. The van der Waals surface area contributed by atoms with E-state index in [1.807, 2.05) is 0 Å². The number of benzene rings is 1. The molecule has 0 saturated carbocycles. The summed E-state index contributed by atoms with van der Waals surface area (Å²) < 4.78 is 55.5. The second kappa shape index (κ2) is 4.33. The molecular formula is C8H5F4IO. The van der Waals surface area contributed by atoms with Crippen LogP contribution in [0.1, 0.15) is 6.92 Å². The van der Waals surface area contributed by atoms with Crippen molar-refractivity contribution in [1.29, 1.82) is 0 Å². The Kier molecular flexibility index (Phi) is 3.57. The summed E-state index contributed by atoms with van der Waals surface area (Å²) >= 11 is 1.18. The lowest BCUT2D eigenvalue weighted by atomic mass is 10.3. The molecule has 0 aliphatic rings. The van der Waals surface area contributed by atoms with Gasteiger partial charge >= 0.3 is 0 Å². The highest BCUT2D eigenvalue weighted by Gasteiger charge is 2.24. The molecule has 0 heterocycles. The zero-order valence-corrected chi connectivity index (χ0v) is 9.16. The molecule has 1 nitrogen and oxygen atoms in total. The zero-order valence-electron chi connectivity index (χ0n) is 7.01. The van der Waals surface area contributed by atoms with Crippen LogP contribution in [-0.4, -0.2) is 6.61 Å². The smallest absolute Gasteiger partial charge is 0.205 e. The fourth-order valence-corrected chi connectivity index (χ4v) is 1.33. The molecule has 0 amide bonds. The van der Waals surface area contributed by atoms with Crippen LogP contribution in [0.25, 0.3) is 0 Å². The highest BCUT2D eigenvalue weighted by Crippen LogP contribution is 2.30. The minimum absolute atomic E-state index is 0.0761. The van der Waals surface area contributed by atoms with Gasteiger partial charge in [-0.15, -0.1) is 0 Å². The summed E-state index contributed by atoms with van der Waals surface area (Å²) in [6.45, 7) is 1.37. The lowest BCUT2D eigenvalue weighted by molar-refractivity contribution is 0.285. The van der Waals surface area contributed by atoms with Crippen LogP contribution in [0.3, 0.4) is 0 Å². The van der Waals surface area contributed by atoms with Gasteiger partial charge in [-0.2, -0.15) is 8.78 Å². The third-order valence-corrected chi connectivity index (χ3v) is 2.41. The van der Waals surface area contributed by atoms with Gasteiger partial charge in [0.25, 0.3) is 0 Å². The average molecular weight is 320 g/mol. The van der Waals surface area contributed by atoms with E-state index in [-0.39, 0.29) is 6.61 Å². The summed E-state index contributed by atoms with van der Waals surface area (Å²) in [7, 11) is 0. The fraction of sp³-hybridized carbons (Fsp3) is 0.250. The van der Waals surface area contributed by atoms with Gasteiger partial charge in [-0.25, -0.2) is 8.78 Å². The molecule has 0 unspecified atom stereocenters. The Labute approximate surface area is 91.2 Å². The van der Waals surface area contributed by atoms with Crippen LogP contribution < -0.4 is 4.74 Å². The van der Waals surface area contributed by atoms with E-state index < -0.39 is 32.6 Å². The Bertz CT molecular complexity index is 338. The summed E-state index contributed by atoms with van der Waals surface area (Å²) in [5.74, 6) is -6.89. The maximum atomic E-state index is 13.0. The van der Waals surface area contributed by atoms with Crippen molar-refractivity contribution in [3.63, 3.8) is 0 Å². The third kappa shape index (κ3) is 1.79. The highest BCUT2D eigenvalue weighted by molar-refractivity contribution is 14.1. The fourth-order valence-electron chi connectivity index (χ4n) is 0.856. The largest absolute Gasteiger partial charge is 0.488 e. The summed E-state index contributed by atoms with van der Waals surface area (Å²) in [5.41, 5.74) is 0. The van der Waals surface area contributed by atoms with Crippen molar-refractivity contribution in [2.75, 3.05) is 6.61 Å². The second-order valence-corrected chi connectivity index (χ2v) is 3.41. The zero-order chi connectivity index (χ0) is 10.9. The molecule has 0 radical (unpaired) electrons. The lowest BCUT2D eigenvalue weighted by Gasteiger charge is -2.08. The monoisotopic (exact) mass is 320 g/mol. The molecule has 0 N–H and O–H groups in total. The van der Waals surface area contributed by atoms with Gasteiger partial charge < -0.3 is 4.74 Å². The van der Waals surface area contributed by atoms with Gasteiger partial charge in [-0.05, 0) is 29.5 Å². The predicted molar refractivity (Wildman–Crippen MR) is 50.2 cm³/mol. The van der Waals surface area contributed by atoms with Crippen molar-refractivity contribution in [3.8, 4) is 5.75 Å². The van der Waals surface area contributed by atoms with Crippen molar-refractivity contribution in [2.45, 2.75) is 6.92 Å². The summed E-state index contributed by atoms with van der Waals surface area (Å²) in [6.07, 6.45) is 0. The quantitative estimate of drug-likeness (QED) is 0.352.